The molecule has 1 aliphatic rings. The number of aromatic nitrogens is 3. The summed E-state index contributed by atoms with van der Waals surface area (Å²) in [7, 11) is 1.47. The van der Waals surface area contributed by atoms with Gasteiger partial charge < -0.3 is 15.4 Å². The third-order valence-electron chi connectivity index (χ3n) is 3.71. The molecule has 2 amide bonds. The minimum absolute atomic E-state index is 0. The van der Waals surface area contributed by atoms with Crippen LogP contribution in [0.1, 0.15) is 25.7 Å². The van der Waals surface area contributed by atoms with Gasteiger partial charge in [0.25, 0.3) is 0 Å². The summed E-state index contributed by atoms with van der Waals surface area (Å²) in [6.07, 6.45) is 5.85. The summed E-state index contributed by atoms with van der Waals surface area (Å²) in [4.78, 5) is 29.8. The van der Waals surface area contributed by atoms with Crippen molar-refractivity contribution in [2.75, 3.05) is 32.1 Å². The van der Waals surface area contributed by atoms with Crippen LogP contribution < -0.4 is 11.1 Å². The minimum atomic E-state index is -0.786. The number of nitrogens with two attached hydrogens (primary N) is 1. The molecule has 9 nitrogen and oxygen atoms in total. The summed E-state index contributed by atoms with van der Waals surface area (Å²) in [5.74, 6) is -0.278. The second kappa shape index (κ2) is 10.2. The molecule has 1 aromatic rings. The third-order valence-corrected chi connectivity index (χ3v) is 3.71. The number of ether oxygens (including phenoxy) is 1. The van der Waals surface area contributed by atoms with E-state index in [1.165, 1.54) is 31.0 Å². The van der Waals surface area contributed by atoms with E-state index >= 15 is 0 Å². The van der Waals surface area contributed by atoms with Crippen molar-refractivity contribution in [3.63, 3.8) is 0 Å². The summed E-state index contributed by atoms with van der Waals surface area (Å²) in [6.45, 7) is 1.82. The predicted molar refractivity (Wildman–Crippen MR) is 90.8 cm³/mol. The highest BCUT2D eigenvalue weighted by atomic mass is 35.5. The maximum atomic E-state index is 12.3. The van der Waals surface area contributed by atoms with Gasteiger partial charge in [0, 0.05) is 20.2 Å². The van der Waals surface area contributed by atoms with Crippen LogP contribution in [0, 0.1) is 0 Å². The molecular weight excluding hydrogens is 336 g/mol. The third kappa shape index (κ3) is 6.06. The lowest BCUT2D eigenvalue weighted by molar-refractivity contribution is -0.132. The summed E-state index contributed by atoms with van der Waals surface area (Å²) < 4.78 is 6.24. The van der Waals surface area contributed by atoms with Crippen molar-refractivity contribution in [3.05, 3.63) is 6.33 Å². The van der Waals surface area contributed by atoms with Crippen molar-refractivity contribution in [3.8, 4) is 0 Å². The number of amides is 2. The van der Waals surface area contributed by atoms with Crippen LogP contribution in [0.4, 0.5) is 5.95 Å². The molecule has 0 aliphatic carbocycles. The fraction of sp³-hybridized carbons (Fsp3) is 0.714. The van der Waals surface area contributed by atoms with Crippen LogP contribution in [0.2, 0.25) is 0 Å². The maximum absolute atomic E-state index is 12.3. The number of halogens is 1. The Bertz CT molecular complexity index is 530. The number of rotatable bonds is 6. The van der Waals surface area contributed by atoms with Crippen LogP contribution in [0.15, 0.2) is 6.33 Å². The van der Waals surface area contributed by atoms with Crippen molar-refractivity contribution >= 4 is 30.2 Å². The molecule has 136 valence electrons. The first-order valence-corrected chi connectivity index (χ1v) is 7.82. The first kappa shape index (κ1) is 20.3. The summed E-state index contributed by atoms with van der Waals surface area (Å²) in [6, 6.07) is -0.786. The van der Waals surface area contributed by atoms with Crippen molar-refractivity contribution in [2.24, 2.45) is 5.73 Å². The molecule has 3 N–H and O–H groups in total. The average Bonchev–Trinajstić information content (AvgIpc) is 2.79. The molecule has 1 atom stereocenters. The average molecular weight is 361 g/mol. The topological polar surface area (TPSA) is 115 Å². The number of carbonyl (C=O) groups is 2. The zero-order chi connectivity index (χ0) is 16.7. The number of methoxy groups -OCH3 is 1. The quantitative estimate of drug-likeness (QED) is 0.738. The zero-order valence-corrected chi connectivity index (χ0v) is 14.6. The lowest BCUT2D eigenvalue weighted by Gasteiger charge is -2.19. The fourth-order valence-electron chi connectivity index (χ4n) is 2.44. The van der Waals surface area contributed by atoms with E-state index < -0.39 is 11.9 Å². The molecule has 1 unspecified atom stereocenters. The molecule has 0 bridgehead atoms. The Morgan fingerprint density at radius 3 is 2.62 bits per heavy atom. The molecule has 1 aliphatic heterocycles. The molecule has 10 heteroatoms. The van der Waals surface area contributed by atoms with Gasteiger partial charge in [-0.15, -0.1) is 17.5 Å². The number of anilines is 1. The Morgan fingerprint density at radius 1 is 1.33 bits per heavy atom. The Hall–Kier alpha value is -1.71. The Labute approximate surface area is 147 Å². The van der Waals surface area contributed by atoms with Gasteiger partial charge >= 0.3 is 0 Å². The smallest absolute Gasteiger partial charge is 0.248 e. The van der Waals surface area contributed by atoms with Crippen LogP contribution in [0.25, 0.3) is 0 Å². The first-order valence-electron chi connectivity index (χ1n) is 7.82. The van der Waals surface area contributed by atoms with Gasteiger partial charge in [-0.05, 0) is 12.8 Å². The molecule has 0 spiro atoms. The summed E-state index contributed by atoms with van der Waals surface area (Å²) in [5, 5.41) is 6.58. The molecule has 1 aromatic heterocycles. The highest BCUT2D eigenvalue weighted by molar-refractivity contribution is 5.93. The number of hydrogen-bond donors (Lipinski definition) is 2. The summed E-state index contributed by atoms with van der Waals surface area (Å²) >= 11 is 0. The minimum Gasteiger partial charge on any atom is -0.383 e. The van der Waals surface area contributed by atoms with Crippen LogP contribution in [0.3, 0.4) is 0 Å². The lowest BCUT2D eigenvalue weighted by atomic mass is 10.2. The number of nitrogens with one attached hydrogen (secondary N) is 1. The molecule has 24 heavy (non-hydrogen) atoms. The summed E-state index contributed by atoms with van der Waals surface area (Å²) in [5.41, 5.74) is 5.62. The number of carbonyl (C=O) groups excluding carboxylic acids is 2. The van der Waals surface area contributed by atoms with Crippen molar-refractivity contribution in [1.29, 1.82) is 0 Å². The van der Waals surface area contributed by atoms with Crippen LogP contribution in [0.5, 0.6) is 0 Å². The van der Waals surface area contributed by atoms with Crippen molar-refractivity contribution in [2.45, 2.75) is 38.3 Å². The Kier molecular flexibility index (Phi) is 8.66. The Balaban J connectivity index is 0.00000288. The van der Waals surface area contributed by atoms with E-state index in [-0.39, 0.29) is 37.4 Å². The van der Waals surface area contributed by atoms with Crippen LogP contribution in [-0.4, -0.2) is 64.3 Å². The van der Waals surface area contributed by atoms with Crippen LogP contribution >= 0.6 is 12.4 Å². The SMILES string of the molecule is COCC(N)C(=O)Nc1ncn(CC(=O)N2CCCCCC2)n1.Cl. The normalized spacial score (nSPS) is 16.0. The van der Waals surface area contributed by atoms with Gasteiger partial charge in [-0.3, -0.25) is 14.9 Å². The number of likely N-dealkylation sites (tertiary alicyclic amines) is 1. The van der Waals surface area contributed by atoms with Gasteiger partial charge in [-0.25, -0.2) is 9.67 Å². The van der Waals surface area contributed by atoms with E-state index in [9.17, 15) is 9.59 Å². The standard InChI is InChI=1S/C14H24N6O3.ClH/c1-23-9-11(15)13(22)17-14-16-10-20(18-14)8-12(21)19-6-4-2-3-5-7-19;/h10-11H,2-9,15H2,1H3,(H,17,18,22);1H. The molecule has 0 radical (unpaired) electrons. The lowest BCUT2D eigenvalue weighted by Crippen LogP contribution is -2.39. The van der Waals surface area contributed by atoms with Gasteiger partial charge in [0.05, 0.1) is 6.61 Å². The molecule has 1 fully saturated rings. The van der Waals surface area contributed by atoms with Crippen LogP contribution in [-0.2, 0) is 20.9 Å². The monoisotopic (exact) mass is 360 g/mol. The van der Waals surface area contributed by atoms with Gasteiger partial charge in [0.1, 0.15) is 18.9 Å². The Morgan fingerprint density at radius 2 is 2.00 bits per heavy atom. The van der Waals surface area contributed by atoms with E-state index in [0.29, 0.717) is 0 Å². The fourth-order valence-corrected chi connectivity index (χ4v) is 2.44. The van der Waals surface area contributed by atoms with Crippen molar-refractivity contribution in [1.82, 2.24) is 19.7 Å². The highest BCUT2D eigenvalue weighted by Crippen LogP contribution is 2.10. The molecule has 2 heterocycles. The van der Waals surface area contributed by atoms with Gasteiger partial charge in [-0.1, -0.05) is 12.8 Å². The first-order chi connectivity index (χ1) is 11.1. The molecule has 0 saturated carbocycles. The van der Waals surface area contributed by atoms with Gasteiger partial charge in [0.15, 0.2) is 0 Å². The van der Waals surface area contributed by atoms with E-state index in [0.717, 1.165) is 25.9 Å². The molecule has 1 saturated heterocycles. The van der Waals surface area contributed by atoms with Gasteiger partial charge in [-0.2, -0.15) is 0 Å². The van der Waals surface area contributed by atoms with E-state index in [1.807, 2.05) is 4.90 Å². The number of nitrogens with zero attached hydrogens (tertiary/aromatic N) is 4. The maximum Gasteiger partial charge on any atom is 0.248 e. The largest absolute Gasteiger partial charge is 0.383 e. The second-order valence-corrected chi connectivity index (χ2v) is 5.61. The number of hydrogen-bond acceptors (Lipinski definition) is 6. The van der Waals surface area contributed by atoms with Gasteiger partial charge in [0.2, 0.25) is 17.8 Å². The molecule has 0 aromatic carbocycles. The van der Waals surface area contributed by atoms with E-state index in [2.05, 4.69) is 15.4 Å². The zero-order valence-electron chi connectivity index (χ0n) is 13.8. The van der Waals surface area contributed by atoms with E-state index in [4.69, 9.17) is 10.5 Å². The molecular formula is C14H25ClN6O3. The highest BCUT2D eigenvalue weighted by Gasteiger charge is 2.18. The molecule has 2 rings (SSSR count). The van der Waals surface area contributed by atoms with E-state index in [1.54, 1.807) is 0 Å². The second-order valence-electron chi connectivity index (χ2n) is 5.61. The predicted octanol–water partition coefficient (Wildman–Crippen LogP) is 0.0147. The van der Waals surface area contributed by atoms with Crippen molar-refractivity contribution < 1.29 is 14.3 Å².